The summed E-state index contributed by atoms with van der Waals surface area (Å²) in [6, 6.07) is 3.02. The van der Waals surface area contributed by atoms with Crippen molar-refractivity contribution in [1.82, 2.24) is 4.98 Å². The van der Waals surface area contributed by atoms with Crippen LogP contribution in [-0.2, 0) is 6.42 Å². The Morgan fingerprint density at radius 2 is 2.20 bits per heavy atom. The Morgan fingerprint density at radius 1 is 1.53 bits per heavy atom. The van der Waals surface area contributed by atoms with E-state index in [1.807, 2.05) is 28.7 Å². The average molecular weight is 328 g/mol. The van der Waals surface area contributed by atoms with E-state index < -0.39 is 12.2 Å². The quantitative estimate of drug-likeness (QED) is 0.784. The second-order valence-corrected chi connectivity index (χ2v) is 3.66. The Morgan fingerprint density at radius 3 is 2.67 bits per heavy atom. The molecule has 0 atom stereocenters. The van der Waals surface area contributed by atoms with E-state index in [4.69, 9.17) is 5.26 Å². The third-order valence-electron chi connectivity index (χ3n) is 1.39. The number of pyridine rings is 1. The summed E-state index contributed by atoms with van der Waals surface area (Å²) >= 11 is 1.82. The number of rotatable bonds is 2. The number of hydrogen-bond acceptors (Lipinski definition) is 3. The zero-order valence-electron chi connectivity index (χ0n) is 7.18. The molecule has 1 rings (SSSR count). The highest BCUT2D eigenvalue weighted by atomic mass is 127. The third kappa shape index (κ3) is 3.91. The van der Waals surface area contributed by atoms with Crippen molar-refractivity contribution in [2.75, 3.05) is 0 Å². The lowest BCUT2D eigenvalue weighted by Gasteiger charge is -2.08. The molecule has 0 fully saturated rings. The maximum atomic E-state index is 11.8. The number of nitrogens with zero attached hydrogens (tertiary/aromatic N) is 2. The van der Waals surface area contributed by atoms with Crippen LogP contribution in [0, 0.1) is 14.9 Å². The van der Waals surface area contributed by atoms with E-state index in [9.17, 15) is 13.2 Å². The molecule has 0 aliphatic heterocycles. The van der Waals surface area contributed by atoms with Crippen molar-refractivity contribution in [2.45, 2.75) is 12.8 Å². The van der Waals surface area contributed by atoms with E-state index in [1.54, 1.807) is 0 Å². The van der Waals surface area contributed by atoms with E-state index >= 15 is 0 Å². The molecule has 1 aromatic rings. The van der Waals surface area contributed by atoms with Gasteiger partial charge in [0.2, 0.25) is 5.88 Å². The van der Waals surface area contributed by atoms with Crippen LogP contribution in [0.2, 0.25) is 0 Å². The van der Waals surface area contributed by atoms with Gasteiger partial charge in [-0.2, -0.15) is 5.26 Å². The summed E-state index contributed by atoms with van der Waals surface area (Å²) in [6.45, 7) is 0. The third-order valence-corrected chi connectivity index (χ3v) is 2.40. The van der Waals surface area contributed by atoms with Crippen LogP contribution < -0.4 is 4.74 Å². The topological polar surface area (TPSA) is 45.9 Å². The lowest BCUT2D eigenvalue weighted by molar-refractivity contribution is -0.276. The minimum atomic E-state index is -4.74. The minimum absolute atomic E-state index is 0.109. The van der Waals surface area contributed by atoms with Gasteiger partial charge in [-0.25, -0.2) is 4.98 Å². The molecule has 1 heterocycles. The van der Waals surface area contributed by atoms with Crippen LogP contribution in [0.15, 0.2) is 12.3 Å². The molecular formula is C8H4F3IN2O. The molecule has 15 heavy (non-hydrogen) atoms. The highest BCUT2D eigenvalue weighted by Crippen LogP contribution is 2.23. The normalized spacial score (nSPS) is 10.9. The molecule has 0 saturated carbocycles. The first-order valence-electron chi connectivity index (χ1n) is 3.69. The summed E-state index contributed by atoms with van der Waals surface area (Å²) < 4.78 is 39.5. The smallest absolute Gasteiger partial charge is 0.388 e. The average Bonchev–Trinajstić information content (AvgIpc) is 2.07. The molecule has 0 aliphatic carbocycles. The van der Waals surface area contributed by atoms with Crippen LogP contribution in [0.1, 0.15) is 5.56 Å². The monoisotopic (exact) mass is 328 g/mol. The van der Waals surface area contributed by atoms with Crippen molar-refractivity contribution in [3.8, 4) is 11.9 Å². The van der Waals surface area contributed by atoms with Crippen molar-refractivity contribution in [3.05, 3.63) is 21.4 Å². The predicted octanol–water partition coefficient (Wildman–Crippen LogP) is 2.65. The Kier molecular flexibility index (Phi) is 3.73. The lowest BCUT2D eigenvalue weighted by atomic mass is 10.2. The van der Waals surface area contributed by atoms with Gasteiger partial charge in [-0.15, -0.1) is 13.2 Å². The first-order chi connectivity index (χ1) is 6.92. The largest absolute Gasteiger partial charge is 0.574 e. The van der Waals surface area contributed by atoms with E-state index in [0.29, 0.717) is 9.13 Å². The van der Waals surface area contributed by atoms with Gasteiger partial charge < -0.3 is 4.74 Å². The number of ether oxygens (including phenoxy) is 1. The van der Waals surface area contributed by atoms with Gasteiger partial charge in [0.15, 0.2) is 0 Å². The summed E-state index contributed by atoms with van der Waals surface area (Å²) in [7, 11) is 0. The second kappa shape index (κ2) is 4.65. The number of nitriles is 1. The minimum Gasteiger partial charge on any atom is -0.388 e. The molecule has 0 radical (unpaired) electrons. The zero-order chi connectivity index (χ0) is 11.5. The molecule has 3 nitrogen and oxygen atoms in total. The Balaban J connectivity index is 2.88. The zero-order valence-corrected chi connectivity index (χ0v) is 9.33. The summed E-state index contributed by atoms with van der Waals surface area (Å²) in [6.07, 6.45) is -3.43. The van der Waals surface area contributed by atoms with Crippen LogP contribution in [0.5, 0.6) is 5.88 Å². The maximum Gasteiger partial charge on any atom is 0.574 e. The van der Waals surface area contributed by atoms with Crippen LogP contribution in [0.25, 0.3) is 0 Å². The second-order valence-electron chi connectivity index (χ2n) is 2.50. The van der Waals surface area contributed by atoms with Gasteiger partial charge in [-0.05, 0) is 28.2 Å². The Labute approximate surface area is 97.0 Å². The van der Waals surface area contributed by atoms with Crippen LogP contribution in [-0.4, -0.2) is 11.3 Å². The van der Waals surface area contributed by atoms with Crippen molar-refractivity contribution < 1.29 is 17.9 Å². The van der Waals surface area contributed by atoms with Gasteiger partial charge in [0.25, 0.3) is 0 Å². The molecule has 0 saturated heterocycles. The fourth-order valence-electron chi connectivity index (χ4n) is 0.831. The fraction of sp³-hybridized carbons (Fsp3) is 0.250. The van der Waals surface area contributed by atoms with Gasteiger partial charge in [-0.3, -0.25) is 0 Å². The van der Waals surface area contributed by atoms with Crippen molar-refractivity contribution in [3.63, 3.8) is 0 Å². The molecule has 80 valence electrons. The van der Waals surface area contributed by atoms with Crippen LogP contribution >= 0.6 is 22.6 Å². The molecule has 0 amide bonds. The summed E-state index contributed by atoms with van der Waals surface area (Å²) in [5, 5.41) is 8.41. The maximum absolute atomic E-state index is 11.8. The van der Waals surface area contributed by atoms with Gasteiger partial charge >= 0.3 is 6.36 Å². The molecule has 0 N–H and O–H groups in total. The number of alkyl halides is 3. The van der Waals surface area contributed by atoms with Crippen molar-refractivity contribution in [2.24, 2.45) is 0 Å². The summed E-state index contributed by atoms with van der Waals surface area (Å²) in [5.41, 5.74) is 0.577. The van der Waals surface area contributed by atoms with Crippen molar-refractivity contribution >= 4 is 22.6 Å². The van der Waals surface area contributed by atoms with Gasteiger partial charge in [0.05, 0.1) is 12.5 Å². The van der Waals surface area contributed by atoms with E-state index in [0.717, 1.165) is 6.07 Å². The van der Waals surface area contributed by atoms with E-state index in [1.165, 1.54) is 6.20 Å². The lowest BCUT2D eigenvalue weighted by Crippen LogP contribution is -2.18. The first kappa shape index (κ1) is 12.0. The summed E-state index contributed by atoms with van der Waals surface area (Å²) in [4.78, 5) is 3.45. The van der Waals surface area contributed by atoms with Crippen molar-refractivity contribution in [1.29, 1.82) is 5.26 Å². The molecule has 1 aromatic heterocycles. The fourth-order valence-corrected chi connectivity index (χ4v) is 1.43. The number of halogens is 4. The molecule has 0 aromatic carbocycles. The predicted molar refractivity (Wildman–Crippen MR) is 53.0 cm³/mol. The molecule has 0 bridgehead atoms. The van der Waals surface area contributed by atoms with Gasteiger partial charge in [0, 0.05) is 15.8 Å². The van der Waals surface area contributed by atoms with E-state index in [2.05, 4.69) is 9.72 Å². The number of hydrogen-bond donors (Lipinski definition) is 0. The van der Waals surface area contributed by atoms with E-state index in [-0.39, 0.29) is 6.42 Å². The molecular weight excluding hydrogens is 324 g/mol. The standard InChI is InChI=1S/C8H4F3IN2O/c9-8(10,11)15-7-3-6(12)5(1-2-13)4-14-7/h3-4H,1H2. The van der Waals surface area contributed by atoms with Gasteiger partial charge in [-0.1, -0.05) is 0 Å². The first-order valence-corrected chi connectivity index (χ1v) is 4.77. The SMILES string of the molecule is N#CCc1cnc(OC(F)(F)F)cc1I. The highest BCUT2D eigenvalue weighted by Gasteiger charge is 2.31. The Bertz CT molecular complexity index is 400. The highest BCUT2D eigenvalue weighted by molar-refractivity contribution is 14.1. The van der Waals surface area contributed by atoms with Gasteiger partial charge in [0.1, 0.15) is 0 Å². The van der Waals surface area contributed by atoms with Crippen LogP contribution in [0.3, 0.4) is 0 Å². The molecule has 7 heteroatoms. The molecule has 0 spiro atoms. The number of aromatic nitrogens is 1. The Hall–Kier alpha value is -1.04. The van der Waals surface area contributed by atoms with Crippen LogP contribution in [0.4, 0.5) is 13.2 Å². The molecule has 0 aliphatic rings. The molecule has 0 unspecified atom stereocenters. The summed E-state index contributed by atoms with van der Waals surface area (Å²) in [5.74, 6) is -0.520.